The Labute approximate surface area is 485 Å². The van der Waals surface area contributed by atoms with Gasteiger partial charge >= 0.3 is 5.97 Å². The van der Waals surface area contributed by atoms with Crippen molar-refractivity contribution in [2.24, 2.45) is 5.92 Å². The summed E-state index contributed by atoms with van der Waals surface area (Å²) in [5, 5.41) is 41.4. The van der Waals surface area contributed by atoms with E-state index in [-0.39, 0.29) is 31.1 Å². The van der Waals surface area contributed by atoms with Gasteiger partial charge in [0.05, 0.1) is 52.2 Å². The molecule has 0 saturated heterocycles. The average molecular weight is 1120 g/mol. The molecule has 0 aliphatic heterocycles. The molecule has 7 rings (SSSR count). The lowest BCUT2D eigenvalue weighted by molar-refractivity contribution is -0.145. The first-order valence-electron chi connectivity index (χ1n) is 27.2. The third-order valence-electron chi connectivity index (χ3n) is 13.9. The molecule has 13 heteroatoms. The molecular weight excluding hydrogens is 1050 g/mol. The van der Waals surface area contributed by atoms with Crippen LogP contribution >= 0.6 is 23.5 Å². The molecule has 0 spiro atoms. The van der Waals surface area contributed by atoms with Crippen LogP contribution in [0.5, 0.6) is 0 Å². The molecule has 7 aromatic carbocycles. The van der Waals surface area contributed by atoms with Crippen molar-refractivity contribution in [1.82, 2.24) is 16.0 Å². The lowest BCUT2D eigenvalue weighted by atomic mass is 9.84. The maximum absolute atomic E-state index is 15.0. The molecule has 3 amide bonds. The van der Waals surface area contributed by atoms with Crippen LogP contribution in [0.15, 0.2) is 231 Å². The van der Waals surface area contributed by atoms with Crippen LogP contribution in [0.4, 0.5) is 0 Å². The Morgan fingerprint density at radius 3 is 1.51 bits per heavy atom. The highest BCUT2D eigenvalue weighted by atomic mass is 32.2. The van der Waals surface area contributed by atoms with Gasteiger partial charge in [0.1, 0.15) is 18.7 Å². The fraction of sp³-hybridized carbons (Fsp3) is 0.250. The number of nitrogens with zero attached hydrogens (tertiary/aromatic N) is 1. The monoisotopic (exact) mass is 1120 g/mol. The molecule has 0 bridgehead atoms. The Hall–Kier alpha value is -7.99. The van der Waals surface area contributed by atoms with Crippen molar-refractivity contribution in [3.8, 4) is 6.07 Å². The van der Waals surface area contributed by atoms with E-state index in [1.165, 1.54) is 17.8 Å². The third-order valence-corrected chi connectivity index (χ3v) is 17.1. The summed E-state index contributed by atoms with van der Waals surface area (Å²) in [5.74, 6) is -2.35. The molecule has 0 aliphatic carbocycles. The van der Waals surface area contributed by atoms with Gasteiger partial charge in [-0.05, 0) is 69.2 Å². The van der Waals surface area contributed by atoms with Crippen molar-refractivity contribution in [3.05, 3.63) is 276 Å². The van der Waals surface area contributed by atoms with Crippen molar-refractivity contribution < 1.29 is 34.1 Å². The highest BCUT2D eigenvalue weighted by Gasteiger charge is 2.41. The van der Waals surface area contributed by atoms with Crippen molar-refractivity contribution in [1.29, 1.82) is 5.26 Å². The summed E-state index contributed by atoms with van der Waals surface area (Å²) in [6, 6.07) is 66.1. The molecule has 0 fully saturated rings. The first-order valence-corrected chi connectivity index (χ1v) is 29.1. The summed E-state index contributed by atoms with van der Waals surface area (Å²) in [5.41, 5.74) is 7.07. The van der Waals surface area contributed by atoms with Gasteiger partial charge < -0.3 is 30.9 Å². The Morgan fingerprint density at radius 2 is 1.06 bits per heavy atom. The molecule has 0 radical (unpaired) electrons. The standard InChI is InChI=1S/C68H70N4O7S2/c1-4-41-79-63(76)46-61(74)64(49(2)3)72-66(78)60(48-81-68(55-34-17-8-18-35-55,56-36-19-9-20-37-56)57-38-21-10-22-39-57)71-65(77)59(44-50-26-25-27-51(43-50)47-69)70-62(75)45-58(73)40-23-24-42-80-67(52-28-11-5-12-29-52,53-30-13-6-14-31-53)54-32-15-7-16-33-54/h4-23,25-40,43,49,58-61,64,73-74H,1,24,41-42,44-46,48H2,2-3H3,(H,70,75)(H,71,77)(H,72,78)/b40-23+/t58-,59-,60-,61+,64-/m1/s1. The minimum atomic E-state index is -1.35. The van der Waals surface area contributed by atoms with Gasteiger partial charge in [-0.25, -0.2) is 0 Å². The second-order valence-corrected chi connectivity index (χ2v) is 22.5. The zero-order valence-corrected chi connectivity index (χ0v) is 47.3. The van der Waals surface area contributed by atoms with E-state index >= 15 is 4.79 Å². The summed E-state index contributed by atoms with van der Waals surface area (Å²) >= 11 is 3.22. The number of hydrogen-bond donors (Lipinski definition) is 5. The molecule has 0 heterocycles. The summed E-state index contributed by atoms with van der Waals surface area (Å²) in [7, 11) is 0. The van der Waals surface area contributed by atoms with Crippen molar-refractivity contribution in [3.63, 3.8) is 0 Å². The van der Waals surface area contributed by atoms with Crippen LogP contribution in [0.2, 0.25) is 0 Å². The second kappa shape index (κ2) is 30.6. The molecule has 0 saturated carbocycles. The van der Waals surface area contributed by atoms with Gasteiger partial charge in [-0.2, -0.15) is 5.26 Å². The molecular formula is C68H70N4O7S2. The van der Waals surface area contributed by atoms with E-state index < -0.39 is 69.9 Å². The lowest BCUT2D eigenvalue weighted by Gasteiger charge is -2.37. The number of aliphatic hydroxyl groups is 2. The van der Waals surface area contributed by atoms with Gasteiger partial charge in [-0.15, -0.1) is 23.5 Å². The summed E-state index contributed by atoms with van der Waals surface area (Å²) in [6.07, 6.45) is 2.06. The number of allylic oxidation sites excluding steroid dienone is 1. The molecule has 0 unspecified atom stereocenters. The Kier molecular flexibility index (Phi) is 22.9. The highest BCUT2D eigenvalue weighted by Crippen LogP contribution is 2.50. The number of ether oxygens (including phenoxy) is 1. The normalized spacial score (nSPS) is 13.4. The predicted octanol–water partition coefficient (Wildman–Crippen LogP) is 10.8. The first kappa shape index (κ1) is 60.6. The molecule has 7 aromatic rings. The van der Waals surface area contributed by atoms with E-state index in [1.807, 2.05) is 152 Å². The minimum Gasteiger partial charge on any atom is -0.461 e. The van der Waals surface area contributed by atoms with Crippen LogP contribution in [0, 0.1) is 17.2 Å². The van der Waals surface area contributed by atoms with Gasteiger partial charge in [0.25, 0.3) is 0 Å². The van der Waals surface area contributed by atoms with Gasteiger partial charge in [0.15, 0.2) is 0 Å². The molecule has 5 N–H and O–H groups in total. The van der Waals surface area contributed by atoms with Gasteiger partial charge in [-0.1, -0.05) is 233 Å². The van der Waals surface area contributed by atoms with Crippen LogP contribution in [-0.2, 0) is 39.8 Å². The zero-order chi connectivity index (χ0) is 57.5. The maximum Gasteiger partial charge on any atom is 0.308 e. The van der Waals surface area contributed by atoms with Crippen LogP contribution in [0.1, 0.15) is 77.6 Å². The van der Waals surface area contributed by atoms with Gasteiger partial charge in [0, 0.05) is 12.2 Å². The summed E-state index contributed by atoms with van der Waals surface area (Å²) < 4.78 is 3.72. The molecule has 5 atom stereocenters. The topological polar surface area (TPSA) is 178 Å². The number of nitrogens with one attached hydrogen (secondary N) is 3. The Morgan fingerprint density at radius 1 is 0.605 bits per heavy atom. The number of nitriles is 1. The highest BCUT2D eigenvalue weighted by molar-refractivity contribution is 8.00. The SMILES string of the molecule is C=CCOC(=O)C[C@H](O)[C@H](NC(=O)[C@@H](CSC(c1ccccc1)(c1ccccc1)c1ccccc1)NC(=O)[C@@H](Cc1cccc(C#N)c1)NC(=O)C[C@H](O)/C=C/CCSC(c1ccccc1)(c1ccccc1)c1ccccc1)C(C)C. The number of thioether (sulfide) groups is 2. The molecule has 0 aliphatic rings. The van der Waals surface area contributed by atoms with Crippen molar-refractivity contribution in [2.45, 2.75) is 79.4 Å². The number of carbonyl (C=O) groups excluding carboxylic acids is 4. The fourth-order valence-electron chi connectivity index (χ4n) is 9.94. The van der Waals surface area contributed by atoms with Crippen LogP contribution in [-0.4, -0.2) is 82.3 Å². The Balaban J connectivity index is 1.15. The van der Waals surface area contributed by atoms with Crippen LogP contribution < -0.4 is 16.0 Å². The van der Waals surface area contributed by atoms with E-state index in [9.17, 15) is 29.9 Å². The average Bonchev–Trinajstić information content (AvgIpc) is 3.50. The summed E-state index contributed by atoms with van der Waals surface area (Å²) in [4.78, 5) is 56.8. The quantitative estimate of drug-likeness (QED) is 0.0131. The molecule has 416 valence electrons. The number of amides is 3. The molecule has 11 nitrogen and oxygen atoms in total. The molecule has 0 aromatic heterocycles. The maximum atomic E-state index is 15.0. The third kappa shape index (κ3) is 16.3. The molecule has 81 heavy (non-hydrogen) atoms. The van der Waals surface area contributed by atoms with E-state index in [4.69, 9.17) is 4.74 Å². The largest absolute Gasteiger partial charge is 0.461 e. The zero-order valence-electron chi connectivity index (χ0n) is 45.7. The van der Waals surface area contributed by atoms with Gasteiger partial charge in [0.2, 0.25) is 17.7 Å². The lowest BCUT2D eigenvalue weighted by Crippen LogP contribution is -2.58. The number of carbonyl (C=O) groups is 4. The van der Waals surface area contributed by atoms with Crippen LogP contribution in [0.3, 0.4) is 0 Å². The van der Waals surface area contributed by atoms with Crippen molar-refractivity contribution in [2.75, 3.05) is 18.1 Å². The van der Waals surface area contributed by atoms with Crippen LogP contribution in [0.25, 0.3) is 0 Å². The number of hydrogen-bond acceptors (Lipinski definition) is 10. The van der Waals surface area contributed by atoms with Crippen molar-refractivity contribution >= 4 is 47.2 Å². The first-order chi connectivity index (χ1) is 39.4. The van der Waals surface area contributed by atoms with E-state index in [0.717, 1.165) is 33.4 Å². The number of aliphatic hydroxyl groups excluding tert-OH is 2. The summed E-state index contributed by atoms with van der Waals surface area (Å²) in [6.45, 7) is 7.14. The van der Waals surface area contributed by atoms with E-state index in [0.29, 0.717) is 23.3 Å². The number of rotatable bonds is 29. The number of esters is 1. The second-order valence-electron chi connectivity index (χ2n) is 19.9. The number of benzene rings is 7. The minimum absolute atomic E-state index is 0.0198. The van der Waals surface area contributed by atoms with E-state index in [2.05, 4.69) is 65.0 Å². The van der Waals surface area contributed by atoms with Gasteiger partial charge in [-0.3, -0.25) is 19.2 Å². The predicted molar refractivity (Wildman–Crippen MR) is 325 cm³/mol. The van der Waals surface area contributed by atoms with E-state index in [1.54, 1.807) is 56.0 Å². The Bertz CT molecular complexity index is 2990. The fourth-order valence-corrected chi connectivity index (χ4v) is 13.0. The smallest absolute Gasteiger partial charge is 0.308 e.